The van der Waals surface area contributed by atoms with Crippen molar-refractivity contribution >= 4 is 23.8 Å². The van der Waals surface area contributed by atoms with E-state index in [0.29, 0.717) is 10.2 Å². The molecule has 0 bridgehead atoms. The quantitative estimate of drug-likeness (QED) is 0.655. The second-order valence-electron chi connectivity index (χ2n) is 6.38. The Kier molecular flexibility index (Phi) is 5.47. The monoisotopic (exact) mass is 364 g/mol. The van der Waals surface area contributed by atoms with Gasteiger partial charge in [0.15, 0.2) is 0 Å². The third-order valence-electron chi connectivity index (χ3n) is 1.82. The van der Waals surface area contributed by atoms with Gasteiger partial charge in [-0.2, -0.15) is 0 Å². The van der Waals surface area contributed by atoms with Gasteiger partial charge < -0.3 is 4.52 Å². The Morgan fingerprint density at radius 2 is 1.40 bits per heavy atom. The van der Waals surface area contributed by atoms with Gasteiger partial charge in [-0.25, -0.2) is 4.57 Å². The summed E-state index contributed by atoms with van der Waals surface area (Å²) in [4.78, 5) is 0. The normalized spacial score (nSPS) is 13.3. The number of hydrogen-bond acceptors (Lipinski definition) is 4. The highest BCUT2D eigenvalue weighted by Gasteiger charge is 2.38. The highest BCUT2D eigenvalue weighted by molar-refractivity contribution is 9.10. The lowest BCUT2D eigenvalue weighted by Gasteiger charge is -2.31. The van der Waals surface area contributed by atoms with E-state index in [1.165, 1.54) is 0 Å². The number of phosphoric acid groups is 1. The van der Waals surface area contributed by atoms with E-state index < -0.39 is 19.0 Å². The molecular formula is C14H22BrO4P. The minimum atomic E-state index is -3.74. The van der Waals surface area contributed by atoms with Gasteiger partial charge in [0, 0.05) is 0 Å². The van der Waals surface area contributed by atoms with Gasteiger partial charge >= 0.3 is 7.82 Å². The van der Waals surface area contributed by atoms with E-state index in [0.717, 1.165) is 0 Å². The van der Waals surface area contributed by atoms with Crippen molar-refractivity contribution in [2.75, 3.05) is 0 Å². The molecule has 20 heavy (non-hydrogen) atoms. The van der Waals surface area contributed by atoms with E-state index in [9.17, 15) is 4.57 Å². The van der Waals surface area contributed by atoms with Crippen molar-refractivity contribution in [1.29, 1.82) is 0 Å². The topological polar surface area (TPSA) is 44.8 Å². The van der Waals surface area contributed by atoms with Crippen LogP contribution in [0.15, 0.2) is 28.7 Å². The molecule has 0 atom stereocenters. The van der Waals surface area contributed by atoms with Crippen LogP contribution in [0.2, 0.25) is 0 Å². The van der Waals surface area contributed by atoms with E-state index in [-0.39, 0.29) is 0 Å². The molecule has 1 rings (SSSR count). The van der Waals surface area contributed by atoms with E-state index in [4.69, 9.17) is 13.6 Å². The summed E-state index contributed by atoms with van der Waals surface area (Å²) in [6.45, 7) is 10.8. The predicted octanol–water partition coefficient (Wildman–Crippen LogP) is 5.57. The lowest BCUT2D eigenvalue weighted by atomic mass is 10.2. The summed E-state index contributed by atoms with van der Waals surface area (Å²) in [6.07, 6.45) is 0. The van der Waals surface area contributed by atoms with Gasteiger partial charge in [0.05, 0.1) is 15.7 Å². The third-order valence-corrected chi connectivity index (χ3v) is 4.44. The number of rotatable bonds is 4. The number of halogens is 1. The first kappa shape index (κ1) is 17.7. The molecule has 0 aromatic heterocycles. The fourth-order valence-corrected chi connectivity index (χ4v) is 3.71. The molecule has 0 heterocycles. The Morgan fingerprint density at radius 3 is 1.80 bits per heavy atom. The standard InChI is InChI=1S/C14H22BrO4P/c1-13(2,3)18-20(16,19-14(4,5)6)17-12-10-8-7-9-11(12)15/h7-10H,1-6H3. The molecule has 6 heteroatoms. The number of benzene rings is 1. The van der Waals surface area contributed by atoms with Gasteiger partial charge in [0.25, 0.3) is 0 Å². The zero-order valence-corrected chi connectivity index (χ0v) is 15.2. The van der Waals surface area contributed by atoms with Crippen molar-refractivity contribution in [3.8, 4) is 5.75 Å². The predicted molar refractivity (Wildman–Crippen MR) is 84.1 cm³/mol. The van der Waals surface area contributed by atoms with Gasteiger partial charge in [0.1, 0.15) is 5.75 Å². The Balaban J connectivity index is 3.06. The molecule has 0 fully saturated rings. The summed E-state index contributed by atoms with van der Waals surface area (Å²) in [5.74, 6) is 0.421. The van der Waals surface area contributed by atoms with Crippen molar-refractivity contribution in [2.45, 2.75) is 52.7 Å². The van der Waals surface area contributed by atoms with Crippen molar-refractivity contribution in [1.82, 2.24) is 0 Å². The molecule has 0 spiro atoms. The van der Waals surface area contributed by atoms with E-state index in [1.807, 2.05) is 6.07 Å². The largest absolute Gasteiger partial charge is 0.531 e. The molecular weight excluding hydrogens is 343 g/mol. The van der Waals surface area contributed by atoms with Crippen molar-refractivity contribution in [3.05, 3.63) is 28.7 Å². The van der Waals surface area contributed by atoms with Crippen LogP contribution in [0.3, 0.4) is 0 Å². The first-order chi connectivity index (χ1) is 8.90. The molecule has 0 unspecified atom stereocenters. The van der Waals surface area contributed by atoms with Crippen molar-refractivity contribution < 1.29 is 18.1 Å². The Bertz CT molecular complexity index is 483. The fraction of sp³-hybridized carbons (Fsp3) is 0.571. The minimum absolute atomic E-state index is 0.421. The Hall–Kier alpha value is -0.350. The maximum atomic E-state index is 12.9. The van der Waals surface area contributed by atoms with Crippen LogP contribution in [0.4, 0.5) is 0 Å². The van der Waals surface area contributed by atoms with Gasteiger partial charge in [-0.1, -0.05) is 12.1 Å². The first-order valence-electron chi connectivity index (χ1n) is 6.36. The number of phosphoric ester groups is 1. The number of hydrogen-bond donors (Lipinski definition) is 0. The molecule has 4 nitrogen and oxygen atoms in total. The van der Waals surface area contributed by atoms with E-state index >= 15 is 0 Å². The minimum Gasteiger partial charge on any atom is -0.403 e. The first-order valence-corrected chi connectivity index (χ1v) is 8.61. The Labute approximate surface area is 129 Å². The van der Waals surface area contributed by atoms with Crippen LogP contribution in [0.25, 0.3) is 0 Å². The zero-order chi connectivity index (χ0) is 15.6. The van der Waals surface area contributed by atoms with E-state index in [2.05, 4.69) is 15.9 Å². The van der Waals surface area contributed by atoms with Gasteiger partial charge in [-0.3, -0.25) is 9.05 Å². The lowest BCUT2D eigenvalue weighted by molar-refractivity contribution is 0.0223. The molecule has 0 aliphatic carbocycles. The Morgan fingerprint density at radius 1 is 0.950 bits per heavy atom. The van der Waals surface area contributed by atoms with Gasteiger partial charge in [0.2, 0.25) is 0 Å². The van der Waals surface area contributed by atoms with Crippen LogP contribution in [0.1, 0.15) is 41.5 Å². The van der Waals surface area contributed by atoms with Crippen LogP contribution in [0, 0.1) is 0 Å². The molecule has 0 saturated carbocycles. The van der Waals surface area contributed by atoms with Crippen molar-refractivity contribution in [2.24, 2.45) is 0 Å². The highest BCUT2D eigenvalue weighted by Crippen LogP contribution is 2.55. The second-order valence-corrected chi connectivity index (χ2v) is 8.67. The average molecular weight is 365 g/mol. The number of para-hydroxylation sites is 1. The molecule has 0 saturated heterocycles. The molecule has 1 aromatic carbocycles. The van der Waals surface area contributed by atoms with Crippen LogP contribution < -0.4 is 4.52 Å². The van der Waals surface area contributed by atoms with Crippen LogP contribution in [-0.4, -0.2) is 11.2 Å². The summed E-state index contributed by atoms with van der Waals surface area (Å²) in [5.41, 5.74) is -1.30. The van der Waals surface area contributed by atoms with Crippen molar-refractivity contribution in [3.63, 3.8) is 0 Å². The second kappa shape index (κ2) is 6.18. The molecule has 0 radical (unpaired) electrons. The van der Waals surface area contributed by atoms with Crippen LogP contribution in [0.5, 0.6) is 5.75 Å². The summed E-state index contributed by atoms with van der Waals surface area (Å²) in [5, 5.41) is 0. The molecule has 0 amide bonds. The smallest absolute Gasteiger partial charge is 0.403 e. The fourth-order valence-electron chi connectivity index (χ4n) is 1.37. The average Bonchev–Trinajstić information content (AvgIpc) is 2.15. The van der Waals surface area contributed by atoms with Gasteiger partial charge in [-0.15, -0.1) is 0 Å². The van der Waals surface area contributed by atoms with Crippen LogP contribution in [-0.2, 0) is 13.6 Å². The summed E-state index contributed by atoms with van der Waals surface area (Å²) in [6, 6.07) is 7.14. The van der Waals surface area contributed by atoms with Gasteiger partial charge in [-0.05, 0) is 69.6 Å². The molecule has 0 aliphatic heterocycles. The van der Waals surface area contributed by atoms with Crippen LogP contribution >= 0.6 is 23.8 Å². The lowest BCUT2D eigenvalue weighted by Crippen LogP contribution is -2.25. The highest BCUT2D eigenvalue weighted by atomic mass is 79.9. The summed E-state index contributed by atoms with van der Waals surface area (Å²) >= 11 is 3.35. The van der Waals surface area contributed by atoms with E-state index in [1.54, 1.807) is 59.7 Å². The molecule has 0 N–H and O–H groups in total. The maximum absolute atomic E-state index is 12.9. The zero-order valence-electron chi connectivity index (χ0n) is 12.8. The summed E-state index contributed by atoms with van der Waals surface area (Å²) < 4.78 is 30.2. The SMILES string of the molecule is CC(C)(C)OP(=O)(Oc1ccccc1Br)OC(C)(C)C. The summed E-state index contributed by atoms with van der Waals surface area (Å²) in [7, 11) is -3.74. The molecule has 1 aromatic rings. The molecule has 0 aliphatic rings. The maximum Gasteiger partial charge on any atom is 0.531 e. The third kappa shape index (κ3) is 6.40. The molecule has 114 valence electrons.